The molecule has 4 N–H and O–H groups in total. The average Bonchev–Trinajstić information content (AvgIpc) is 3.61. The smallest absolute Gasteiger partial charge is 0.227 e. The number of hydrogen-bond acceptors (Lipinski definition) is 6. The number of nitrogens with zero attached hydrogens (tertiary/aromatic N) is 4. The zero-order valence-corrected chi connectivity index (χ0v) is 19.6. The molecule has 1 aliphatic heterocycles. The molecule has 1 saturated carbocycles. The third-order valence-electron chi connectivity index (χ3n) is 7.07. The average molecular weight is 474 g/mol. The largest absolute Gasteiger partial charge is 0.382 e. The number of thioether (sulfide) groups is 1. The number of amides is 1. The summed E-state index contributed by atoms with van der Waals surface area (Å²) in [5, 5.41) is 10.8. The number of H-pyrrole nitrogens is 1. The Morgan fingerprint density at radius 1 is 1.24 bits per heavy atom. The molecule has 2 aliphatic rings. The van der Waals surface area contributed by atoms with E-state index in [0.717, 1.165) is 71.6 Å². The summed E-state index contributed by atoms with van der Waals surface area (Å²) >= 11 is 1.70. The summed E-state index contributed by atoms with van der Waals surface area (Å²) in [5.41, 5.74) is 9.82. The molecule has 1 unspecified atom stereocenters. The molecular formula is C25H27N7OS. The number of carbonyl (C=O) groups excluding carboxylic acids is 1. The number of hydrogen-bond donors (Lipinski definition) is 3. The summed E-state index contributed by atoms with van der Waals surface area (Å²) in [4.78, 5) is 25.1. The zero-order chi connectivity index (χ0) is 23.1. The molecule has 0 bridgehead atoms. The second kappa shape index (κ2) is 8.79. The topological polar surface area (TPSA) is 114 Å². The Kier molecular flexibility index (Phi) is 5.49. The fraction of sp³-hybridized carbons (Fsp3) is 0.360. The van der Waals surface area contributed by atoms with Crippen molar-refractivity contribution >= 4 is 39.9 Å². The van der Waals surface area contributed by atoms with Crippen molar-refractivity contribution in [2.24, 2.45) is 11.8 Å². The van der Waals surface area contributed by atoms with Crippen LogP contribution in [0.1, 0.15) is 37.4 Å². The van der Waals surface area contributed by atoms with Crippen molar-refractivity contribution in [3.63, 3.8) is 0 Å². The Morgan fingerprint density at radius 2 is 2.09 bits per heavy atom. The van der Waals surface area contributed by atoms with Gasteiger partial charge in [-0.05, 0) is 49.1 Å². The summed E-state index contributed by atoms with van der Waals surface area (Å²) < 4.78 is 1.88. The van der Waals surface area contributed by atoms with Crippen molar-refractivity contribution in [2.45, 2.75) is 31.6 Å². The summed E-state index contributed by atoms with van der Waals surface area (Å²) in [5.74, 6) is 3.18. The molecule has 0 saturated heterocycles. The van der Waals surface area contributed by atoms with Crippen LogP contribution in [0, 0.1) is 11.8 Å². The van der Waals surface area contributed by atoms with E-state index in [1.54, 1.807) is 11.8 Å². The van der Waals surface area contributed by atoms with Gasteiger partial charge < -0.3 is 16.0 Å². The van der Waals surface area contributed by atoms with E-state index in [9.17, 15) is 4.79 Å². The van der Waals surface area contributed by atoms with Crippen LogP contribution in [0.5, 0.6) is 0 Å². The quantitative estimate of drug-likeness (QED) is 0.402. The third kappa shape index (κ3) is 3.83. The van der Waals surface area contributed by atoms with Crippen molar-refractivity contribution < 1.29 is 4.79 Å². The third-order valence-corrected chi connectivity index (χ3v) is 7.97. The van der Waals surface area contributed by atoms with Crippen LogP contribution in [0.25, 0.3) is 27.8 Å². The van der Waals surface area contributed by atoms with Crippen LogP contribution in [0.3, 0.4) is 0 Å². The van der Waals surface area contributed by atoms with Gasteiger partial charge in [0.2, 0.25) is 5.91 Å². The molecule has 1 fully saturated rings. The number of benzene rings is 1. The first-order valence-corrected chi connectivity index (χ1v) is 12.9. The molecule has 1 amide bonds. The molecule has 4 heterocycles. The lowest BCUT2D eigenvalue weighted by Gasteiger charge is -2.28. The van der Waals surface area contributed by atoms with E-state index in [4.69, 9.17) is 10.7 Å². The van der Waals surface area contributed by atoms with Gasteiger partial charge in [-0.3, -0.25) is 4.79 Å². The maximum atomic E-state index is 12.3. The van der Waals surface area contributed by atoms with Crippen LogP contribution >= 0.6 is 11.8 Å². The van der Waals surface area contributed by atoms with Gasteiger partial charge in [0.25, 0.3) is 0 Å². The minimum absolute atomic E-state index is 0.0193. The van der Waals surface area contributed by atoms with E-state index >= 15 is 0 Å². The number of nitrogens with two attached hydrogens (primary N) is 1. The zero-order valence-electron chi connectivity index (χ0n) is 18.8. The van der Waals surface area contributed by atoms with Gasteiger partial charge in [0.15, 0.2) is 5.82 Å². The maximum absolute atomic E-state index is 12.3. The Labute approximate surface area is 201 Å². The van der Waals surface area contributed by atoms with Gasteiger partial charge in [0, 0.05) is 29.1 Å². The Balaban J connectivity index is 1.22. The molecule has 6 rings (SSSR count). The molecule has 8 nitrogen and oxygen atoms in total. The van der Waals surface area contributed by atoms with Gasteiger partial charge >= 0.3 is 0 Å². The molecule has 1 aliphatic carbocycles. The number of nitrogen functional groups attached to an aromatic ring is 1. The van der Waals surface area contributed by atoms with Gasteiger partial charge in [-0.1, -0.05) is 24.3 Å². The lowest BCUT2D eigenvalue weighted by molar-refractivity contribution is -0.123. The highest BCUT2D eigenvalue weighted by Crippen LogP contribution is 2.38. The predicted molar refractivity (Wildman–Crippen MR) is 135 cm³/mol. The minimum Gasteiger partial charge on any atom is -0.382 e. The summed E-state index contributed by atoms with van der Waals surface area (Å²) in [6.07, 6.45) is 7.62. The van der Waals surface area contributed by atoms with Gasteiger partial charge in [-0.2, -0.15) is 5.10 Å². The Morgan fingerprint density at radius 3 is 2.88 bits per heavy atom. The van der Waals surface area contributed by atoms with Crippen molar-refractivity contribution in [3.05, 3.63) is 54.0 Å². The van der Waals surface area contributed by atoms with Crippen LogP contribution in [-0.4, -0.2) is 42.8 Å². The molecule has 0 spiro atoms. The van der Waals surface area contributed by atoms with Crippen LogP contribution in [-0.2, 0) is 4.79 Å². The van der Waals surface area contributed by atoms with Gasteiger partial charge in [0.05, 0.1) is 11.6 Å². The lowest BCUT2D eigenvalue weighted by Crippen LogP contribution is -2.35. The number of rotatable bonds is 5. The fourth-order valence-corrected chi connectivity index (χ4v) is 6.04. The number of aromatic amines is 1. The van der Waals surface area contributed by atoms with Gasteiger partial charge in [0.1, 0.15) is 23.4 Å². The fourth-order valence-electron chi connectivity index (χ4n) is 5.16. The molecule has 174 valence electrons. The highest BCUT2D eigenvalue weighted by molar-refractivity contribution is 8.02. The van der Waals surface area contributed by atoms with E-state index in [2.05, 4.69) is 38.6 Å². The van der Waals surface area contributed by atoms with E-state index in [1.807, 2.05) is 28.1 Å². The number of fused-ring (bicyclic) bond motifs is 2. The normalized spacial score (nSPS) is 22.5. The van der Waals surface area contributed by atoms with Gasteiger partial charge in [-0.25, -0.2) is 14.5 Å². The van der Waals surface area contributed by atoms with Crippen LogP contribution in [0.4, 0.5) is 5.82 Å². The first-order chi connectivity index (χ1) is 16.7. The molecule has 0 radical (unpaired) electrons. The van der Waals surface area contributed by atoms with Crippen molar-refractivity contribution in [1.82, 2.24) is 29.9 Å². The number of carbonyl (C=O) groups is 1. The molecule has 3 aromatic heterocycles. The molecule has 4 aromatic rings. The second-order valence-electron chi connectivity index (χ2n) is 9.23. The molecule has 34 heavy (non-hydrogen) atoms. The maximum Gasteiger partial charge on any atom is 0.227 e. The van der Waals surface area contributed by atoms with E-state index in [1.165, 1.54) is 6.33 Å². The van der Waals surface area contributed by atoms with Crippen LogP contribution < -0.4 is 11.1 Å². The van der Waals surface area contributed by atoms with Crippen molar-refractivity contribution in [1.29, 1.82) is 0 Å². The highest BCUT2D eigenvalue weighted by atomic mass is 32.2. The van der Waals surface area contributed by atoms with Crippen LogP contribution in [0.2, 0.25) is 0 Å². The summed E-state index contributed by atoms with van der Waals surface area (Å²) in [6, 6.07) is 10.3. The monoisotopic (exact) mass is 473 g/mol. The van der Waals surface area contributed by atoms with Gasteiger partial charge in [-0.15, -0.1) is 11.8 Å². The number of anilines is 1. The van der Waals surface area contributed by atoms with E-state index in [-0.39, 0.29) is 11.8 Å². The molecular weight excluding hydrogens is 446 g/mol. The number of nitrogens with one attached hydrogen (secondary N) is 2. The summed E-state index contributed by atoms with van der Waals surface area (Å²) in [6.45, 7) is 0.748. The molecule has 1 aromatic carbocycles. The SMILES string of the molecule is Nc1ncnn2c(C3CCC(CNC(=O)C4C=CSC4)CC3)nc(-c3cc4ccccc4[nH]3)c12. The van der Waals surface area contributed by atoms with Crippen molar-refractivity contribution in [3.8, 4) is 11.4 Å². The minimum atomic E-state index is 0.0193. The van der Waals surface area contributed by atoms with Crippen LogP contribution in [0.15, 0.2) is 48.1 Å². The first-order valence-electron chi connectivity index (χ1n) is 11.8. The van der Waals surface area contributed by atoms with E-state index < -0.39 is 0 Å². The summed E-state index contributed by atoms with van der Waals surface area (Å²) in [7, 11) is 0. The number of para-hydroxylation sites is 1. The highest BCUT2D eigenvalue weighted by Gasteiger charge is 2.29. The number of aromatic nitrogens is 5. The molecule has 9 heteroatoms. The van der Waals surface area contributed by atoms with E-state index in [0.29, 0.717) is 17.7 Å². The first kappa shape index (κ1) is 21.2. The second-order valence-corrected chi connectivity index (χ2v) is 10.2. The Bertz CT molecular complexity index is 1350. The predicted octanol–water partition coefficient (Wildman–Crippen LogP) is 4.12. The number of imidazole rings is 1. The van der Waals surface area contributed by atoms with Crippen molar-refractivity contribution in [2.75, 3.05) is 18.0 Å². The lowest BCUT2D eigenvalue weighted by atomic mass is 9.81. The Hall–Kier alpha value is -3.33. The standard InChI is InChI=1S/C25H27N7OS/c26-23-22-21(20-11-17-3-1-2-4-19(17)30-20)31-24(32(22)29-14-28-23)16-7-5-15(6-8-16)12-27-25(33)18-9-10-34-13-18/h1-4,9-11,14-16,18,30H,5-8,12-13H2,(H,27,33)(H2,26,28,29). The molecule has 1 atom stereocenters.